The van der Waals surface area contributed by atoms with Crippen molar-refractivity contribution >= 4 is 17.7 Å². The molecule has 0 bridgehead atoms. The summed E-state index contributed by atoms with van der Waals surface area (Å²) in [5, 5.41) is 9.26. The topological polar surface area (TPSA) is 110 Å². The maximum Gasteiger partial charge on any atom is 0.262 e. The molecule has 1 heterocycles. The number of primary amides is 1. The molecule has 0 unspecified atom stereocenters. The van der Waals surface area contributed by atoms with Gasteiger partial charge in [0.15, 0.2) is 0 Å². The average molecular weight is 358 g/mol. The number of benzene rings is 2. The maximum absolute atomic E-state index is 13.2. The summed E-state index contributed by atoms with van der Waals surface area (Å²) >= 11 is 0. The molecule has 0 aliphatic carbocycles. The van der Waals surface area contributed by atoms with Gasteiger partial charge in [-0.15, -0.1) is 0 Å². The van der Waals surface area contributed by atoms with Gasteiger partial charge in [-0.05, 0) is 35.9 Å². The summed E-state index contributed by atoms with van der Waals surface area (Å²) in [4.78, 5) is 36.8. The lowest BCUT2D eigenvalue weighted by Crippen LogP contribution is -2.49. The number of carbonyl (C=O) groups is 3. The first-order valence-corrected chi connectivity index (χ1v) is 7.71. The van der Waals surface area contributed by atoms with Crippen LogP contribution in [-0.4, -0.2) is 40.4 Å². The van der Waals surface area contributed by atoms with E-state index in [1.165, 1.54) is 30.3 Å². The van der Waals surface area contributed by atoms with Crippen LogP contribution in [0.15, 0.2) is 42.5 Å². The molecule has 3 amide bonds. The predicted molar refractivity (Wildman–Crippen MR) is 87.7 cm³/mol. The molecule has 1 aliphatic rings. The Kier molecular flexibility index (Phi) is 4.68. The largest absolute Gasteiger partial charge is 0.489 e. The van der Waals surface area contributed by atoms with Crippen LogP contribution in [0, 0.1) is 5.82 Å². The van der Waals surface area contributed by atoms with Crippen LogP contribution in [0.4, 0.5) is 4.39 Å². The van der Waals surface area contributed by atoms with E-state index in [0.717, 1.165) is 0 Å². The quantitative estimate of drug-likeness (QED) is 0.744. The van der Waals surface area contributed by atoms with Gasteiger partial charge >= 0.3 is 0 Å². The molecule has 2 aromatic carbocycles. The number of nitrogens with two attached hydrogens (primary N) is 1. The van der Waals surface area contributed by atoms with Crippen molar-refractivity contribution < 1.29 is 28.6 Å². The molecule has 1 aliphatic heterocycles. The molecule has 2 aromatic rings. The van der Waals surface area contributed by atoms with Crippen molar-refractivity contribution in [3.63, 3.8) is 0 Å². The fraction of sp³-hybridized carbons (Fsp3) is 0.167. The van der Waals surface area contributed by atoms with Crippen LogP contribution >= 0.6 is 0 Å². The Balaban J connectivity index is 1.82. The third-order valence-corrected chi connectivity index (χ3v) is 4.00. The van der Waals surface area contributed by atoms with E-state index in [4.69, 9.17) is 10.5 Å². The van der Waals surface area contributed by atoms with Gasteiger partial charge in [-0.2, -0.15) is 0 Å². The van der Waals surface area contributed by atoms with Gasteiger partial charge in [0.05, 0.1) is 17.7 Å². The zero-order chi connectivity index (χ0) is 18.8. The summed E-state index contributed by atoms with van der Waals surface area (Å²) in [5.74, 6) is -2.52. The van der Waals surface area contributed by atoms with Gasteiger partial charge in [-0.1, -0.05) is 12.1 Å². The lowest BCUT2D eigenvalue weighted by Gasteiger charge is -2.20. The summed E-state index contributed by atoms with van der Waals surface area (Å²) in [5.41, 5.74) is 5.88. The summed E-state index contributed by atoms with van der Waals surface area (Å²) in [7, 11) is 0. The van der Waals surface area contributed by atoms with E-state index >= 15 is 0 Å². The fourth-order valence-corrected chi connectivity index (χ4v) is 2.70. The number of imide groups is 1. The van der Waals surface area contributed by atoms with Crippen LogP contribution in [0.2, 0.25) is 0 Å². The van der Waals surface area contributed by atoms with Crippen LogP contribution in [0.25, 0.3) is 0 Å². The SMILES string of the molecule is NC(=O)[C@H](CO)N1C(=O)c2ccc(OCc3cccc(F)c3)cc2C1=O. The Bertz CT molecular complexity index is 899. The zero-order valence-corrected chi connectivity index (χ0v) is 13.5. The number of rotatable bonds is 6. The number of carbonyl (C=O) groups excluding carboxylic acids is 3. The number of aliphatic hydroxyl groups is 1. The number of hydrogen-bond donors (Lipinski definition) is 2. The number of ether oxygens (including phenoxy) is 1. The Morgan fingerprint density at radius 3 is 2.54 bits per heavy atom. The van der Waals surface area contributed by atoms with E-state index in [1.807, 2.05) is 0 Å². The fourth-order valence-electron chi connectivity index (χ4n) is 2.70. The molecular formula is C18H15FN2O5. The smallest absolute Gasteiger partial charge is 0.262 e. The third-order valence-electron chi connectivity index (χ3n) is 4.00. The molecule has 3 N–H and O–H groups in total. The summed E-state index contributed by atoms with van der Waals surface area (Å²) in [6, 6.07) is 8.69. The first-order valence-electron chi connectivity index (χ1n) is 7.71. The van der Waals surface area contributed by atoms with Crippen molar-refractivity contribution in [2.75, 3.05) is 6.61 Å². The molecule has 0 saturated heterocycles. The highest BCUT2D eigenvalue weighted by Gasteiger charge is 2.42. The molecule has 0 spiro atoms. The lowest BCUT2D eigenvalue weighted by molar-refractivity contribution is -0.122. The minimum Gasteiger partial charge on any atom is -0.489 e. The molecule has 0 radical (unpaired) electrons. The Morgan fingerprint density at radius 1 is 1.15 bits per heavy atom. The monoisotopic (exact) mass is 358 g/mol. The highest BCUT2D eigenvalue weighted by Crippen LogP contribution is 2.28. The van der Waals surface area contributed by atoms with Crippen LogP contribution in [-0.2, 0) is 11.4 Å². The highest BCUT2D eigenvalue weighted by molar-refractivity contribution is 6.23. The first-order chi connectivity index (χ1) is 12.4. The lowest BCUT2D eigenvalue weighted by atomic mass is 10.1. The predicted octanol–water partition coefficient (Wildman–Crippen LogP) is 0.847. The van der Waals surface area contributed by atoms with E-state index in [1.54, 1.807) is 12.1 Å². The molecule has 8 heteroatoms. The number of halogens is 1. The minimum atomic E-state index is -1.43. The Labute approximate surface area is 147 Å². The van der Waals surface area contributed by atoms with Crippen LogP contribution in [0.5, 0.6) is 5.75 Å². The minimum absolute atomic E-state index is 0.0476. The van der Waals surface area contributed by atoms with Crippen molar-refractivity contribution in [1.82, 2.24) is 4.90 Å². The number of hydrogen-bond acceptors (Lipinski definition) is 5. The van der Waals surface area contributed by atoms with Crippen molar-refractivity contribution in [1.29, 1.82) is 0 Å². The molecule has 0 aromatic heterocycles. The zero-order valence-electron chi connectivity index (χ0n) is 13.5. The van der Waals surface area contributed by atoms with Crippen molar-refractivity contribution in [3.8, 4) is 5.75 Å². The Hall–Kier alpha value is -3.26. The standard InChI is InChI=1S/C18H15FN2O5/c19-11-3-1-2-10(6-11)9-26-12-4-5-13-14(7-12)18(25)21(17(13)24)15(8-22)16(20)23/h1-7,15,22H,8-9H2,(H2,20,23)/t15-/m0/s1. The average Bonchev–Trinajstić information content (AvgIpc) is 2.85. The second kappa shape index (κ2) is 6.93. The van der Waals surface area contributed by atoms with E-state index in [2.05, 4.69) is 0 Å². The van der Waals surface area contributed by atoms with Crippen LogP contribution < -0.4 is 10.5 Å². The molecule has 0 saturated carbocycles. The van der Waals surface area contributed by atoms with Gasteiger partial charge in [0.2, 0.25) is 5.91 Å². The highest BCUT2D eigenvalue weighted by atomic mass is 19.1. The number of amides is 3. The summed E-state index contributed by atoms with van der Waals surface area (Å²) < 4.78 is 18.7. The van der Waals surface area contributed by atoms with E-state index in [9.17, 15) is 23.9 Å². The van der Waals surface area contributed by atoms with E-state index in [-0.39, 0.29) is 17.7 Å². The second-order valence-corrected chi connectivity index (χ2v) is 5.71. The number of aliphatic hydroxyl groups excluding tert-OH is 1. The van der Waals surface area contributed by atoms with E-state index in [0.29, 0.717) is 16.2 Å². The molecular weight excluding hydrogens is 343 g/mol. The maximum atomic E-state index is 13.2. The van der Waals surface area contributed by atoms with Gasteiger partial charge in [0, 0.05) is 0 Å². The van der Waals surface area contributed by atoms with Crippen molar-refractivity contribution in [3.05, 3.63) is 65.0 Å². The number of nitrogens with zero attached hydrogens (tertiary/aromatic N) is 1. The molecule has 134 valence electrons. The molecule has 7 nitrogen and oxygen atoms in total. The van der Waals surface area contributed by atoms with Gasteiger partial charge < -0.3 is 15.6 Å². The van der Waals surface area contributed by atoms with Gasteiger partial charge in [-0.3, -0.25) is 19.3 Å². The number of fused-ring (bicyclic) bond motifs is 1. The molecule has 0 fully saturated rings. The summed E-state index contributed by atoms with van der Waals surface area (Å²) in [6.45, 7) is -0.688. The van der Waals surface area contributed by atoms with Gasteiger partial charge in [-0.25, -0.2) is 4.39 Å². The molecule has 1 atom stereocenters. The molecule has 26 heavy (non-hydrogen) atoms. The van der Waals surface area contributed by atoms with Gasteiger partial charge in [0.25, 0.3) is 11.8 Å². The Morgan fingerprint density at radius 2 is 1.88 bits per heavy atom. The van der Waals surface area contributed by atoms with Crippen LogP contribution in [0.1, 0.15) is 26.3 Å². The van der Waals surface area contributed by atoms with E-state index < -0.39 is 36.2 Å². The van der Waals surface area contributed by atoms with Crippen molar-refractivity contribution in [2.24, 2.45) is 5.73 Å². The normalized spacial score (nSPS) is 14.3. The van der Waals surface area contributed by atoms with Gasteiger partial charge in [0.1, 0.15) is 24.2 Å². The van der Waals surface area contributed by atoms with Crippen LogP contribution in [0.3, 0.4) is 0 Å². The molecule has 3 rings (SSSR count). The summed E-state index contributed by atoms with van der Waals surface area (Å²) in [6.07, 6.45) is 0. The second-order valence-electron chi connectivity index (χ2n) is 5.71. The van der Waals surface area contributed by atoms with Crippen molar-refractivity contribution in [2.45, 2.75) is 12.6 Å². The first kappa shape index (κ1) is 17.6. The third kappa shape index (κ3) is 3.14.